The summed E-state index contributed by atoms with van der Waals surface area (Å²) in [6.07, 6.45) is -0.768. The second-order valence-electron chi connectivity index (χ2n) is 2.95. The van der Waals surface area contributed by atoms with Crippen LogP contribution >= 0.6 is 0 Å². The summed E-state index contributed by atoms with van der Waals surface area (Å²) in [6, 6.07) is 1.94. The number of ether oxygens (including phenoxy) is 3. The lowest BCUT2D eigenvalue weighted by molar-refractivity contribution is -0.143. The molecule has 1 atom stereocenters. The van der Waals surface area contributed by atoms with Crippen molar-refractivity contribution in [3.05, 3.63) is 17.9 Å². The number of furan rings is 1. The van der Waals surface area contributed by atoms with Crippen LogP contribution in [-0.4, -0.2) is 33.4 Å². The van der Waals surface area contributed by atoms with E-state index in [-0.39, 0.29) is 11.7 Å². The molecule has 0 fully saturated rings. The van der Waals surface area contributed by atoms with Crippen LogP contribution < -0.4 is 10.1 Å². The minimum Gasteiger partial charge on any atom is -0.468 e. The molecule has 0 aromatic carbocycles. The monoisotopic (exact) mass is 243 g/mol. The Labute approximate surface area is 97.6 Å². The Hall–Kier alpha value is -2.18. The van der Waals surface area contributed by atoms with Gasteiger partial charge in [-0.3, -0.25) is 0 Å². The number of rotatable bonds is 4. The maximum Gasteiger partial charge on any atom is 0.407 e. The number of methoxy groups -OCH3 is 3. The summed E-state index contributed by atoms with van der Waals surface area (Å²) in [6.45, 7) is 0. The number of carbonyl (C=O) groups excluding carboxylic acids is 2. The number of nitrogens with one attached hydrogen (secondary N) is 1. The molecule has 0 saturated heterocycles. The highest BCUT2D eigenvalue weighted by Crippen LogP contribution is 2.22. The largest absolute Gasteiger partial charge is 0.468 e. The van der Waals surface area contributed by atoms with Crippen LogP contribution in [0, 0.1) is 0 Å². The van der Waals surface area contributed by atoms with E-state index in [9.17, 15) is 9.59 Å². The van der Waals surface area contributed by atoms with Gasteiger partial charge in [-0.25, -0.2) is 9.59 Å². The van der Waals surface area contributed by atoms with Gasteiger partial charge in [0.05, 0.1) is 21.3 Å². The van der Waals surface area contributed by atoms with Crippen molar-refractivity contribution in [1.29, 1.82) is 0 Å². The zero-order chi connectivity index (χ0) is 12.8. The molecule has 7 nitrogen and oxygen atoms in total. The number of hydrogen-bond donors (Lipinski definition) is 1. The van der Waals surface area contributed by atoms with Crippen molar-refractivity contribution in [2.24, 2.45) is 0 Å². The summed E-state index contributed by atoms with van der Waals surface area (Å²) in [4.78, 5) is 22.5. The van der Waals surface area contributed by atoms with E-state index in [2.05, 4.69) is 14.8 Å². The van der Waals surface area contributed by atoms with Crippen LogP contribution in [0.4, 0.5) is 4.79 Å². The van der Waals surface area contributed by atoms with Gasteiger partial charge >= 0.3 is 12.1 Å². The van der Waals surface area contributed by atoms with E-state index in [0.29, 0.717) is 0 Å². The maximum atomic E-state index is 11.5. The molecular weight excluding hydrogens is 230 g/mol. The Morgan fingerprint density at radius 2 is 1.94 bits per heavy atom. The summed E-state index contributed by atoms with van der Waals surface area (Å²) in [5.74, 6) is -0.257. The molecule has 0 aliphatic carbocycles. The molecule has 7 heteroatoms. The van der Waals surface area contributed by atoms with Crippen molar-refractivity contribution >= 4 is 12.1 Å². The molecule has 1 rings (SSSR count). The smallest absolute Gasteiger partial charge is 0.407 e. The Kier molecular flexibility index (Phi) is 4.38. The average Bonchev–Trinajstić information content (AvgIpc) is 2.83. The van der Waals surface area contributed by atoms with Gasteiger partial charge in [0, 0.05) is 6.07 Å². The minimum atomic E-state index is -1.07. The molecule has 1 aromatic rings. The van der Waals surface area contributed by atoms with Gasteiger partial charge in [-0.15, -0.1) is 0 Å². The molecule has 1 N–H and O–H groups in total. The summed E-state index contributed by atoms with van der Waals surface area (Å²) in [5.41, 5.74) is 0. The number of esters is 1. The van der Waals surface area contributed by atoms with E-state index in [0.717, 1.165) is 0 Å². The molecule has 1 amide bonds. The highest BCUT2D eigenvalue weighted by Gasteiger charge is 2.27. The molecule has 0 spiro atoms. The summed E-state index contributed by atoms with van der Waals surface area (Å²) in [5, 5.41) is 2.29. The SMILES string of the molecule is COC(=O)NC(C(=O)OC)c1ccc(OC)o1. The van der Waals surface area contributed by atoms with Gasteiger partial charge in [-0.05, 0) is 6.07 Å². The van der Waals surface area contributed by atoms with Gasteiger partial charge in [-0.2, -0.15) is 0 Å². The van der Waals surface area contributed by atoms with Gasteiger partial charge in [0.2, 0.25) is 0 Å². The first kappa shape index (κ1) is 12.9. The molecule has 0 aliphatic heterocycles. The minimum absolute atomic E-state index is 0.194. The maximum absolute atomic E-state index is 11.5. The zero-order valence-electron chi connectivity index (χ0n) is 9.68. The lowest BCUT2D eigenvalue weighted by Gasteiger charge is -2.12. The fourth-order valence-corrected chi connectivity index (χ4v) is 1.14. The molecular formula is C10H13NO6. The number of amides is 1. The van der Waals surface area contributed by atoms with Gasteiger partial charge in [0.25, 0.3) is 5.95 Å². The summed E-state index contributed by atoms with van der Waals surface area (Å²) < 4.78 is 18.9. The van der Waals surface area contributed by atoms with Crippen LogP contribution in [0.25, 0.3) is 0 Å². The Bertz CT molecular complexity index is 399. The third-order valence-corrected chi connectivity index (χ3v) is 1.97. The van der Waals surface area contributed by atoms with Crippen LogP contribution in [-0.2, 0) is 14.3 Å². The lowest BCUT2D eigenvalue weighted by atomic mass is 10.2. The van der Waals surface area contributed by atoms with E-state index in [4.69, 9.17) is 9.15 Å². The van der Waals surface area contributed by atoms with Gasteiger partial charge in [0.15, 0.2) is 6.04 Å². The third-order valence-electron chi connectivity index (χ3n) is 1.97. The standard InChI is InChI=1S/C10H13NO6/c1-14-7-5-4-6(17-7)8(9(12)15-2)11-10(13)16-3/h4-5,8H,1-3H3,(H,11,13). The predicted octanol–water partition coefficient (Wildman–Crippen LogP) is 0.858. The molecule has 1 heterocycles. The van der Waals surface area contributed by atoms with Crippen molar-refractivity contribution in [3.63, 3.8) is 0 Å². The second kappa shape index (κ2) is 5.78. The average molecular weight is 243 g/mol. The lowest BCUT2D eigenvalue weighted by Crippen LogP contribution is -2.34. The third kappa shape index (κ3) is 3.13. The molecule has 0 bridgehead atoms. The summed E-state index contributed by atoms with van der Waals surface area (Å²) >= 11 is 0. The van der Waals surface area contributed by atoms with Crippen molar-refractivity contribution in [1.82, 2.24) is 5.32 Å². The number of carbonyl (C=O) groups is 2. The Morgan fingerprint density at radius 1 is 1.24 bits per heavy atom. The molecule has 1 aromatic heterocycles. The summed E-state index contributed by atoms with van der Waals surface area (Å²) in [7, 11) is 3.81. The number of hydrogen-bond acceptors (Lipinski definition) is 6. The first-order chi connectivity index (χ1) is 8.12. The second-order valence-corrected chi connectivity index (χ2v) is 2.95. The quantitative estimate of drug-likeness (QED) is 0.789. The molecule has 0 aliphatic rings. The van der Waals surface area contributed by atoms with Crippen LogP contribution in [0.3, 0.4) is 0 Å². The van der Waals surface area contributed by atoms with E-state index in [1.54, 1.807) is 0 Å². The first-order valence-corrected chi connectivity index (χ1v) is 4.68. The molecule has 1 unspecified atom stereocenters. The van der Waals surface area contributed by atoms with Crippen LogP contribution in [0.1, 0.15) is 11.8 Å². The van der Waals surface area contributed by atoms with Gasteiger partial charge in [0.1, 0.15) is 5.76 Å². The fraction of sp³-hybridized carbons (Fsp3) is 0.400. The van der Waals surface area contributed by atoms with Gasteiger partial charge < -0.3 is 23.9 Å². The molecule has 0 saturated carbocycles. The zero-order valence-corrected chi connectivity index (χ0v) is 9.68. The normalized spacial score (nSPS) is 11.5. The highest BCUT2D eigenvalue weighted by atomic mass is 16.6. The molecule has 0 radical (unpaired) electrons. The number of alkyl carbamates (subject to hydrolysis) is 1. The topological polar surface area (TPSA) is 87.0 Å². The fourth-order valence-electron chi connectivity index (χ4n) is 1.14. The Morgan fingerprint density at radius 3 is 2.41 bits per heavy atom. The van der Waals surface area contributed by atoms with Crippen molar-refractivity contribution in [2.75, 3.05) is 21.3 Å². The van der Waals surface area contributed by atoms with Crippen molar-refractivity contribution < 1.29 is 28.2 Å². The van der Waals surface area contributed by atoms with E-state index < -0.39 is 18.1 Å². The predicted molar refractivity (Wildman–Crippen MR) is 55.6 cm³/mol. The molecule has 17 heavy (non-hydrogen) atoms. The van der Waals surface area contributed by atoms with Crippen LogP contribution in [0.15, 0.2) is 16.5 Å². The first-order valence-electron chi connectivity index (χ1n) is 4.68. The molecule has 94 valence electrons. The van der Waals surface area contributed by atoms with Gasteiger partial charge in [-0.1, -0.05) is 0 Å². The van der Waals surface area contributed by atoms with Crippen molar-refractivity contribution in [2.45, 2.75) is 6.04 Å². The van der Waals surface area contributed by atoms with Crippen LogP contribution in [0.5, 0.6) is 5.95 Å². The van der Waals surface area contributed by atoms with E-state index in [1.807, 2.05) is 0 Å². The Balaban J connectivity index is 2.89. The highest BCUT2D eigenvalue weighted by molar-refractivity contribution is 5.82. The van der Waals surface area contributed by atoms with Crippen molar-refractivity contribution in [3.8, 4) is 5.95 Å². The van der Waals surface area contributed by atoms with E-state index in [1.165, 1.54) is 33.5 Å². The van der Waals surface area contributed by atoms with Crippen LogP contribution in [0.2, 0.25) is 0 Å². The van der Waals surface area contributed by atoms with E-state index >= 15 is 0 Å².